The monoisotopic (exact) mass is 271 g/mol. The maximum absolute atomic E-state index is 9.98. The Morgan fingerprint density at radius 1 is 1.53 bits per heavy atom. The Kier molecular flexibility index (Phi) is 2.89. The maximum Gasteiger partial charge on any atom is 0.163 e. The molecule has 3 N–H and O–H groups in total. The summed E-state index contributed by atoms with van der Waals surface area (Å²) in [6.45, 7) is 0. The molecule has 0 aromatic heterocycles. The van der Waals surface area contributed by atoms with Crippen molar-refractivity contribution in [1.29, 1.82) is 0 Å². The lowest BCUT2D eigenvalue weighted by Crippen LogP contribution is -2.13. The summed E-state index contributed by atoms with van der Waals surface area (Å²) in [5.74, 6) is 1.13. The summed E-state index contributed by atoms with van der Waals surface area (Å²) < 4.78 is 5.91. The Morgan fingerprint density at radius 3 is 2.73 bits per heavy atom. The fraction of sp³-hybridized carbons (Fsp3) is 0.455. The zero-order valence-corrected chi connectivity index (χ0v) is 10.1. The first-order chi connectivity index (χ1) is 7.15. The van der Waals surface area contributed by atoms with Crippen LogP contribution in [0.3, 0.4) is 0 Å². The number of hydrogen-bond acceptors (Lipinski definition) is 3. The Labute approximate surface area is 97.4 Å². The minimum absolute atomic E-state index is 0.102. The van der Waals surface area contributed by atoms with Gasteiger partial charge in [0.2, 0.25) is 0 Å². The molecule has 3 nitrogen and oxygen atoms in total. The largest absolute Gasteiger partial charge is 0.504 e. The van der Waals surface area contributed by atoms with Crippen molar-refractivity contribution in [2.24, 2.45) is 11.7 Å². The van der Waals surface area contributed by atoms with Crippen molar-refractivity contribution >= 4 is 15.9 Å². The second-order valence-corrected chi connectivity index (χ2v) is 4.73. The van der Waals surface area contributed by atoms with E-state index in [1.165, 1.54) is 7.11 Å². The number of rotatable bonds is 3. The van der Waals surface area contributed by atoms with E-state index in [0.29, 0.717) is 11.7 Å². The third kappa shape index (κ3) is 1.96. The molecular formula is C11H14BrNO2. The highest BCUT2D eigenvalue weighted by molar-refractivity contribution is 9.10. The van der Waals surface area contributed by atoms with Crippen molar-refractivity contribution < 1.29 is 9.84 Å². The molecular weight excluding hydrogens is 258 g/mol. The summed E-state index contributed by atoms with van der Waals surface area (Å²) in [5, 5.41) is 9.98. The molecule has 0 unspecified atom stereocenters. The van der Waals surface area contributed by atoms with Crippen LogP contribution in [0.4, 0.5) is 0 Å². The van der Waals surface area contributed by atoms with Crippen molar-refractivity contribution in [2.75, 3.05) is 7.11 Å². The molecule has 1 aromatic rings. The molecule has 1 aliphatic rings. The smallest absolute Gasteiger partial charge is 0.163 e. The number of halogens is 1. The summed E-state index contributed by atoms with van der Waals surface area (Å²) >= 11 is 3.41. The van der Waals surface area contributed by atoms with Gasteiger partial charge in [-0.3, -0.25) is 0 Å². The Morgan fingerprint density at radius 2 is 2.20 bits per heavy atom. The van der Waals surface area contributed by atoms with Gasteiger partial charge in [0.25, 0.3) is 0 Å². The van der Waals surface area contributed by atoms with Gasteiger partial charge in [0.15, 0.2) is 11.5 Å². The molecule has 4 heteroatoms. The van der Waals surface area contributed by atoms with Gasteiger partial charge in [-0.15, -0.1) is 0 Å². The van der Waals surface area contributed by atoms with Gasteiger partial charge in [-0.2, -0.15) is 0 Å². The minimum Gasteiger partial charge on any atom is -0.504 e. The van der Waals surface area contributed by atoms with Crippen molar-refractivity contribution in [2.45, 2.75) is 18.9 Å². The van der Waals surface area contributed by atoms with Crippen LogP contribution in [0.5, 0.6) is 11.5 Å². The first kappa shape index (κ1) is 10.8. The molecule has 0 bridgehead atoms. The number of benzene rings is 1. The lowest BCUT2D eigenvalue weighted by atomic mass is 10.0. The number of ether oxygens (including phenoxy) is 1. The summed E-state index contributed by atoms with van der Waals surface area (Å²) in [4.78, 5) is 0. The van der Waals surface area contributed by atoms with Crippen molar-refractivity contribution in [3.05, 3.63) is 22.2 Å². The predicted octanol–water partition coefficient (Wildman–Crippen LogP) is 2.57. The van der Waals surface area contributed by atoms with E-state index in [1.54, 1.807) is 6.07 Å². The van der Waals surface area contributed by atoms with Crippen molar-refractivity contribution in [3.8, 4) is 11.5 Å². The van der Waals surface area contributed by atoms with Gasteiger partial charge in [-0.25, -0.2) is 0 Å². The first-order valence-corrected chi connectivity index (χ1v) is 5.75. The fourth-order valence-electron chi connectivity index (χ4n) is 1.74. The van der Waals surface area contributed by atoms with Gasteiger partial charge in [0.1, 0.15) is 0 Å². The van der Waals surface area contributed by atoms with Crippen LogP contribution in [-0.2, 0) is 0 Å². The average molecular weight is 272 g/mol. The summed E-state index contributed by atoms with van der Waals surface area (Å²) in [6, 6.07) is 3.48. The normalized spacial score (nSPS) is 17.5. The van der Waals surface area contributed by atoms with Gasteiger partial charge >= 0.3 is 0 Å². The van der Waals surface area contributed by atoms with Gasteiger partial charge < -0.3 is 15.6 Å². The molecule has 0 heterocycles. The van der Waals surface area contributed by atoms with E-state index in [2.05, 4.69) is 15.9 Å². The van der Waals surface area contributed by atoms with Crippen molar-refractivity contribution in [3.63, 3.8) is 0 Å². The highest BCUT2D eigenvalue weighted by atomic mass is 79.9. The Hall–Kier alpha value is -0.740. The van der Waals surface area contributed by atoms with E-state index < -0.39 is 0 Å². The zero-order chi connectivity index (χ0) is 11.0. The highest BCUT2D eigenvalue weighted by Gasteiger charge is 2.33. The third-order valence-corrected chi connectivity index (χ3v) is 3.50. The fourth-order valence-corrected chi connectivity index (χ4v) is 2.32. The topological polar surface area (TPSA) is 55.5 Å². The van der Waals surface area contributed by atoms with Gasteiger partial charge in [-0.05, 0) is 30.9 Å². The molecule has 0 amide bonds. The van der Waals surface area contributed by atoms with Crippen LogP contribution in [0, 0.1) is 5.92 Å². The van der Waals surface area contributed by atoms with Gasteiger partial charge in [0, 0.05) is 16.1 Å². The third-order valence-electron chi connectivity index (χ3n) is 2.81. The lowest BCUT2D eigenvalue weighted by molar-refractivity contribution is 0.367. The van der Waals surface area contributed by atoms with E-state index >= 15 is 0 Å². The van der Waals surface area contributed by atoms with Crippen LogP contribution >= 0.6 is 15.9 Å². The van der Waals surface area contributed by atoms with Crippen LogP contribution in [0.15, 0.2) is 16.6 Å². The second kappa shape index (κ2) is 4.02. The number of nitrogens with two attached hydrogens (primary N) is 1. The lowest BCUT2D eigenvalue weighted by Gasteiger charge is -2.16. The molecule has 15 heavy (non-hydrogen) atoms. The molecule has 0 saturated heterocycles. The number of phenols is 1. The summed E-state index contributed by atoms with van der Waals surface area (Å²) in [7, 11) is 1.54. The average Bonchev–Trinajstić information content (AvgIpc) is 3.01. The van der Waals surface area contributed by atoms with E-state index in [4.69, 9.17) is 10.5 Å². The maximum atomic E-state index is 9.98. The molecule has 0 spiro atoms. The standard InChI is InChI=1S/C11H14BrNO2/c1-15-8-5-4-7(12)9(11(8)14)10(13)6-2-3-6/h4-6,10,14H,2-3,13H2,1H3/t10-/m0/s1. The molecule has 1 aromatic carbocycles. The highest BCUT2D eigenvalue weighted by Crippen LogP contribution is 2.46. The molecule has 82 valence electrons. The quantitative estimate of drug-likeness (QED) is 0.889. The minimum atomic E-state index is -0.102. The molecule has 0 radical (unpaired) electrons. The van der Waals surface area contributed by atoms with Crippen LogP contribution < -0.4 is 10.5 Å². The molecule has 1 saturated carbocycles. The van der Waals surface area contributed by atoms with E-state index in [-0.39, 0.29) is 11.8 Å². The van der Waals surface area contributed by atoms with Gasteiger partial charge in [0.05, 0.1) is 7.11 Å². The van der Waals surface area contributed by atoms with E-state index in [9.17, 15) is 5.11 Å². The number of methoxy groups -OCH3 is 1. The van der Waals surface area contributed by atoms with E-state index in [0.717, 1.165) is 22.9 Å². The molecule has 0 aliphatic heterocycles. The number of hydrogen-bond donors (Lipinski definition) is 2. The van der Waals surface area contributed by atoms with Crippen LogP contribution in [0.2, 0.25) is 0 Å². The Balaban J connectivity index is 2.42. The predicted molar refractivity (Wildman–Crippen MR) is 62.0 cm³/mol. The number of aromatic hydroxyl groups is 1. The second-order valence-electron chi connectivity index (χ2n) is 3.88. The zero-order valence-electron chi connectivity index (χ0n) is 8.53. The van der Waals surface area contributed by atoms with Crippen LogP contribution in [0.1, 0.15) is 24.4 Å². The van der Waals surface area contributed by atoms with Crippen molar-refractivity contribution in [1.82, 2.24) is 0 Å². The molecule has 2 rings (SSSR count). The van der Waals surface area contributed by atoms with Crippen LogP contribution in [0.25, 0.3) is 0 Å². The van der Waals surface area contributed by atoms with Gasteiger partial charge in [-0.1, -0.05) is 15.9 Å². The summed E-state index contributed by atoms with van der Waals surface area (Å²) in [6.07, 6.45) is 2.29. The number of phenolic OH excluding ortho intramolecular Hbond substituents is 1. The van der Waals surface area contributed by atoms with E-state index in [1.807, 2.05) is 6.07 Å². The molecule has 1 aliphatic carbocycles. The Bertz CT molecular complexity index is 377. The molecule has 1 atom stereocenters. The molecule has 1 fully saturated rings. The SMILES string of the molecule is COc1ccc(Br)c([C@@H](N)C2CC2)c1O. The van der Waals surface area contributed by atoms with Crippen LogP contribution in [-0.4, -0.2) is 12.2 Å². The summed E-state index contributed by atoms with van der Waals surface area (Å²) in [5.41, 5.74) is 6.84. The first-order valence-electron chi connectivity index (χ1n) is 4.96.